The molecule has 0 aliphatic carbocycles. The second-order valence-electron chi connectivity index (χ2n) is 12.3. The molecule has 7 aromatic carbocycles. The van der Waals surface area contributed by atoms with Crippen molar-refractivity contribution in [2.45, 2.75) is 0 Å². The maximum absolute atomic E-state index is 5.34. The summed E-state index contributed by atoms with van der Waals surface area (Å²) in [6, 6.07) is 57.9. The molecule has 0 spiro atoms. The first kappa shape index (κ1) is 26.7. The molecule has 0 unspecified atom stereocenters. The van der Waals surface area contributed by atoms with E-state index in [0.29, 0.717) is 0 Å². The number of aromatic nitrogens is 3. The van der Waals surface area contributed by atoms with Crippen molar-refractivity contribution in [3.8, 4) is 33.4 Å². The molecule has 0 radical (unpaired) electrons. The van der Waals surface area contributed by atoms with E-state index in [1.54, 1.807) is 0 Å². The van der Waals surface area contributed by atoms with Crippen LogP contribution in [0.5, 0.6) is 0 Å². The standard InChI is InChI=1S/C45H27N3/c1-2-13-28(14-3-1)43-35-27-29(42-30-15-4-8-20-36(30)46-37-21-9-5-16-31(37)42)25-26-40(35)48-41-24-12-19-34(45(41)43)44-32-17-6-10-22-38(32)47-39-23-11-7-18-33(39)44/h1-27H. The van der Waals surface area contributed by atoms with Crippen LogP contribution in [0.25, 0.3) is 98.8 Å². The Morgan fingerprint density at radius 2 is 0.729 bits per heavy atom. The molecule has 3 nitrogen and oxygen atoms in total. The lowest BCUT2D eigenvalue weighted by atomic mass is 9.87. The first-order valence-electron chi connectivity index (χ1n) is 16.3. The van der Waals surface area contributed by atoms with Gasteiger partial charge in [0.25, 0.3) is 0 Å². The highest BCUT2D eigenvalue weighted by atomic mass is 14.7. The van der Waals surface area contributed by atoms with Gasteiger partial charge in [0.1, 0.15) is 0 Å². The summed E-state index contributed by atoms with van der Waals surface area (Å²) < 4.78 is 0. The van der Waals surface area contributed by atoms with Crippen LogP contribution < -0.4 is 0 Å². The maximum Gasteiger partial charge on any atom is 0.0722 e. The molecular weight excluding hydrogens is 583 g/mol. The van der Waals surface area contributed by atoms with Crippen molar-refractivity contribution in [3.05, 3.63) is 164 Å². The Balaban J connectivity index is 1.38. The molecule has 0 bridgehead atoms. The molecule has 10 rings (SSSR count). The molecule has 3 aromatic heterocycles. The van der Waals surface area contributed by atoms with Gasteiger partial charge in [-0.2, -0.15) is 0 Å². The number of pyridine rings is 3. The lowest BCUT2D eigenvalue weighted by molar-refractivity contribution is 1.48. The van der Waals surface area contributed by atoms with Crippen LogP contribution in [0.4, 0.5) is 0 Å². The monoisotopic (exact) mass is 609 g/mol. The minimum atomic E-state index is 0.967. The van der Waals surface area contributed by atoms with Crippen LogP contribution in [0.3, 0.4) is 0 Å². The van der Waals surface area contributed by atoms with Crippen molar-refractivity contribution in [2.24, 2.45) is 0 Å². The van der Waals surface area contributed by atoms with E-state index in [1.165, 1.54) is 16.7 Å². The number of hydrogen-bond acceptors (Lipinski definition) is 3. The van der Waals surface area contributed by atoms with Crippen molar-refractivity contribution in [2.75, 3.05) is 0 Å². The lowest BCUT2D eigenvalue weighted by Gasteiger charge is -2.19. The number of para-hydroxylation sites is 4. The van der Waals surface area contributed by atoms with Gasteiger partial charge in [-0.1, -0.05) is 121 Å². The smallest absolute Gasteiger partial charge is 0.0722 e. The molecule has 48 heavy (non-hydrogen) atoms. The highest BCUT2D eigenvalue weighted by molar-refractivity contribution is 6.21. The summed E-state index contributed by atoms with van der Waals surface area (Å²) in [5.41, 5.74) is 12.9. The van der Waals surface area contributed by atoms with Crippen LogP contribution in [0.2, 0.25) is 0 Å². The average molecular weight is 610 g/mol. The fourth-order valence-corrected chi connectivity index (χ4v) is 7.54. The van der Waals surface area contributed by atoms with Crippen LogP contribution in [0.1, 0.15) is 0 Å². The van der Waals surface area contributed by atoms with Crippen LogP contribution in [-0.2, 0) is 0 Å². The Bertz CT molecular complexity index is 2780. The predicted molar refractivity (Wildman–Crippen MR) is 201 cm³/mol. The second kappa shape index (κ2) is 10.5. The minimum Gasteiger partial charge on any atom is -0.248 e. The van der Waals surface area contributed by atoms with Gasteiger partial charge in [-0.05, 0) is 59.2 Å². The van der Waals surface area contributed by atoms with E-state index in [1.807, 2.05) is 0 Å². The van der Waals surface area contributed by atoms with Gasteiger partial charge in [0.05, 0.1) is 33.1 Å². The van der Waals surface area contributed by atoms with Crippen molar-refractivity contribution in [1.82, 2.24) is 15.0 Å². The second-order valence-corrected chi connectivity index (χ2v) is 12.3. The van der Waals surface area contributed by atoms with Gasteiger partial charge in [-0.25, -0.2) is 15.0 Å². The lowest BCUT2D eigenvalue weighted by Crippen LogP contribution is -1.95. The first-order chi connectivity index (χ1) is 23.8. The molecule has 0 aliphatic heterocycles. The Morgan fingerprint density at radius 1 is 0.271 bits per heavy atom. The molecule has 0 aliphatic rings. The predicted octanol–water partition coefficient (Wildman–Crippen LogP) is 11.8. The number of nitrogens with zero attached hydrogens (tertiary/aromatic N) is 3. The molecule has 0 amide bonds. The largest absolute Gasteiger partial charge is 0.248 e. The molecular formula is C45H27N3. The van der Waals surface area contributed by atoms with Crippen molar-refractivity contribution in [1.29, 1.82) is 0 Å². The Morgan fingerprint density at radius 3 is 1.31 bits per heavy atom. The van der Waals surface area contributed by atoms with E-state index in [2.05, 4.69) is 164 Å². The molecule has 0 saturated heterocycles. The number of hydrogen-bond donors (Lipinski definition) is 0. The van der Waals surface area contributed by atoms with Crippen LogP contribution in [0, 0.1) is 0 Å². The van der Waals surface area contributed by atoms with Gasteiger partial charge in [-0.3, -0.25) is 0 Å². The van der Waals surface area contributed by atoms with E-state index in [4.69, 9.17) is 15.0 Å². The van der Waals surface area contributed by atoms with Crippen molar-refractivity contribution >= 4 is 65.4 Å². The molecule has 3 heteroatoms. The molecule has 0 saturated carbocycles. The molecule has 0 fully saturated rings. The van der Waals surface area contributed by atoms with Crippen molar-refractivity contribution in [3.63, 3.8) is 0 Å². The molecule has 0 atom stereocenters. The summed E-state index contributed by atoms with van der Waals surface area (Å²) >= 11 is 0. The third-order valence-electron chi connectivity index (χ3n) is 9.60. The molecule has 222 valence electrons. The zero-order chi connectivity index (χ0) is 31.6. The van der Waals surface area contributed by atoms with Gasteiger partial charge in [0, 0.05) is 49.0 Å². The summed E-state index contributed by atoms with van der Waals surface area (Å²) in [6.07, 6.45) is 0. The average Bonchev–Trinajstić information content (AvgIpc) is 3.15. The van der Waals surface area contributed by atoms with Crippen LogP contribution in [0.15, 0.2) is 164 Å². The van der Waals surface area contributed by atoms with E-state index in [-0.39, 0.29) is 0 Å². The van der Waals surface area contributed by atoms with Gasteiger partial charge >= 0.3 is 0 Å². The van der Waals surface area contributed by atoms with Gasteiger partial charge in [0.2, 0.25) is 0 Å². The van der Waals surface area contributed by atoms with E-state index >= 15 is 0 Å². The van der Waals surface area contributed by atoms with E-state index < -0.39 is 0 Å². The minimum absolute atomic E-state index is 0.967. The van der Waals surface area contributed by atoms with Gasteiger partial charge in [-0.15, -0.1) is 0 Å². The normalized spacial score (nSPS) is 11.8. The third-order valence-corrected chi connectivity index (χ3v) is 9.60. The third kappa shape index (κ3) is 4.04. The van der Waals surface area contributed by atoms with Crippen molar-refractivity contribution < 1.29 is 0 Å². The zero-order valence-electron chi connectivity index (χ0n) is 25.9. The number of benzene rings is 7. The summed E-state index contributed by atoms with van der Waals surface area (Å²) in [5.74, 6) is 0. The zero-order valence-corrected chi connectivity index (χ0v) is 25.9. The van der Waals surface area contributed by atoms with E-state index in [0.717, 1.165) is 82.1 Å². The Kier molecular flexibility index (Phi) is 5.87. The SMILES string of the molecule is c1ccc(-c2c3cc(-c4c5ccccc5nc5ccccc45)ccc3nc3cccc(-c4c5ccccc5nc5ccccc45)c23)cc1. The maximum atomic E-state index is 5.34. The Hall–Kier alpha value is -6.45. The topological polar surface area (TPSA) is 38.7 Å². The van der Waals surface area contributed by atoms with Gasteiger partial charge in [0.15, 0.2) is 0 Å². The highest BCUT2D eigenvalue weighted by Gasteiger charge is 2.20. The summed E-state index contributed by atoms with van der Waals surface area (Å²) in [7, 11) is 0. The van der Waals surface area contributed by atoms with E-state index in [9.17, 15) is 0 Å². The Labute approximate surface area is 276 Å². The fourth-order valence-electron chi connectivity index (χ4n) is 7.54. The quantitative estimate of drug-likeness (QED) is 0.187. The summed E-state index contributed by atoms with van der Waals surface area (Å²) in [6.45, 7) is 0. The van der Waals surface area contributed by atoms with Gasteiger partial charge < -0.3 is 0 Å². The summed E-state index contributed by atoms with van der Waals surface area (Å²) in [5, 5.41) is 6.80. The number of rotatable bonds is 3. The molecule has 3 heterocycles. The molecule has 10 aromatic rings. The molecule has 0 N–H and O–H groups in total. The number of fused-ring (bicyclic) bond motifs is 6. The van der Waals surface area contributed by atoms with Crippen LogP contribution >= 0.6 is 0 Å². The fraction of sp³-hybridized carbons (Fsp3) is 0. The first-order valence-corrected chi connectivity index (χ1v) is 16.3. The summed E-state index contributed by atoms with van der Waals surface area (Å²) in [4.78, 5) is 15.4. The highest BCUT2D eigenvalue weighted by Crippen LogP contribution is 2.45. The van der Waals surface area contributed by atoms with Crippen LogP contribution in [-0.4, -0.2) is 15.0 Å².